The number of nitrogens with one attached hydrogen (secondary N) is 1. The molecule has 0 amide bonds. The van der Waals surface area contributed by atoms with Crippen LogP contribution in [0.5, 0.6) is 11.5 Å². The van der Waals surface area contributed by atoms with Gasteiger partial charge in [-0.2, -0.15) is 0 Å². The molecule has 3 rings (SSSR count). The predicted molar refractivity (Wildman–Crippen MR) is 103 cm³/mol. The molecule has 0 fully saturated rings. The van der Waals surface area contributed by atoms with Gasteiger partial charge in [0.25, 0.3) is 0 Å². The van der Waals surface area contributed by atoms with Gasteiger partial charge in [0.2, 0.25) is 0 Å². The number of allylic oxidation sites excluding steroid dienone is 1. The summed E-state index contributed by atoms with van der Waals surface area (Å²) in [5, 5.41) is 1.31. The van der Waals surface area contributed by atoms with Crippen LogP contribution in [0.25, 0.3) is 17.1 Å². The first kappa shape index (κ1) is 19.2. The Morgan fingerprint density at radius 3 is 2.44 bits per heavy atom. The highest BCUT2D eigenvalue weighted by molar-refractivity contribution is 6.36. The van der Waals surface area contributed by atoms with Crippen molar-refractivity contribution < 1.29 is 18.3 Å². The lowest BCUT2D eigenvalue weighted by Gasteiger charge is -2.18. The van der Waals surface area contributed by atoms with Crippen molar-refractivity contribution in [1.29, 1.82) is 0 Å². The highest BCUT2D eigenvalue weighted by atomic mass is 35.5. The number of pyridine rings is 1. The second-order valence-corrected chi connectivity index (χ2v) is 6.58. The van der Waals surface area contributed by atoms with E-state index in [-0.39, 0.29) is 17.1 Å². The van der Waals surface area contributed by atoms with Gasteiger partial charge in [-0.15, -0.1) is 0 Å². The van der Waals surface area contributed by atoms with Crippen LogP contribution in [0, 0.1) is 11.6 Å². The van der Waals surface area contributed by atoms with E-state index in [9.17, 15) is 8.78 Å². The summed E-state index contributed by atoms with van der Waals surface area (Å²) >= 11 is 6.44. The topological polar surface area (TPSA) is 47.1 Å². The second-order valence-electron chi connectivity index (χ2n) is 6.20. The van der Waals surface area contributed by atoms with E-state index in [0.717, 1.165) is 5.39 Å². The van der Waals surface area contributed by atoms with Gasteiger partial charge in [-0.3, -0.25) is 0 Å². The summed E-state index contributed by atoms with van der Waals surface area (Å²) in [5.41, 5.74) is 1.94. The summed E-state index contributed by atoms with van der Waals surface area (Å²) in [4.78, 5) is 7.29. The Balaban J connectivity index is 2.08. The number of halogens is 3. The number of fused-ring (bicyclic) bond motifs is 1. The normalized spacial score (nSPS) is 13.1. The molecule has 3 aromatic rings. The van der Waals surface area contributed by atoms with Crippen LogP contribution in [0.2, 0.25) is 5.02 Å². The molecule has 1 atom stereocenters. The molecule has 2 aromatic heterocycles. The molecule has 1 unspecified atom stereocenters. The minimum absolute atomic E-state index is 0.0728. The molecule has 0 spiro atoms. The Bertz CT molecular complexity index is 1000. The molecule has 0 bridgehead atoms. The zero-order chi connectivity index (χ0) is 19.7. The monoisotopic (exact) mass is 392 g/mol. The van der Waals surface area contributed by atoms with Crippen LogP contribution in [-0.2, 0) is 0 Å². The van der Waals surface area contributed by atoms with Crippen LogP contribution in [0.1, 0.15) is 30.9 Å². The maximum atomic E-state index is 14.8. The van der Waals surface area contributed by atoms with Gasteiger partial charge in [-0.25, -0.2) is 13.8 Å². The molecule has 7 heteroatoms. The number of aromatic amines is 1. The SMILES string of the molecule is COc1cc(OC)c(F)c(C(C)C(C)=Cc2cnc3[nH]ccc3c2Cl)c1F. The van der Waals surface area contributed by atoms with Crippen LogP contribution in [-0.4, -0.2) is 24.2 Å². The smallest absolute Gasteiger partial charge is 0.172 e. The molecule has 0 radical (unpaired) electrons. The summed E-state index contributed by atoms with van der Waals surface area (Å²) in [6.07, 6.45) is 5.15. The third-order valence-electron chi connectivity index (χ3n) is 4.65. The lowest BCUT2D eigenvalue weighted by Crippen LogP contribution is -2.07. The third kappa shape index (κ3) is 3.37. The Morgan fingerprint density at radius 1 is 1.22 bits per heavy atom. The van der Waals surface area contributed by atoms with Gasteiger partial charge < -0.3 is 14.5 Å². The van der Waals surface area contributed by atoms with Crippen molar-refractivity contribution in [3.05, 3.63) is 57.9 Å². The maximum Gasteiger partial charge on any atom is 0.172 e. The van der Waals surface area contributed by atoms with Crippen LogP contribution in [0.4, 0.5) is 8.78 Å². The fourth-order valence-electron chi connectivity index (χ4n) is 2.97. The average Bonchev–Trinajstić information content (AvgIpc) is 3.13. The predicted octanol–water partition coefficient (Wildman–Crippen LogP) is 5.72. The first-order chi connectivity index (χ1) is 12.9. The number of hydrogen-bond acceptors (Lipinski definition) is 3. The van der Waals surface area contributed by atoms with Crippen molar-refractivity contribution in [2.45, 2.75) is 19.8 Å². The minimum Gasteiger partial charge on any atom is -0.494 e. The molecule has 0 aliphatic rings. The number of ether oxygens (including phenoxy) is 2. The van der Waals surface area contributed by atoms with Crippen LogP contribution in [0.15, 0.2) is 30.1 Å². The van der Waals surface area contributed by atoms with Crippen LogP contribution in [0.3, 0.4) is 0 Å². The molecule has 142 valence electrons. The zero-order valence-electron chi connectivity index (χ0n) is 15.4. The molecule has 4 nitrogen and oxygen atoms in total. The van der Waals surface area contributed by atoms with E-state index in [4.69, 9.17) is 21.1 Å². The Morgan fingerprint density at radius 2 is 1.85 bits per heavy atom. The van der Waals surface area contributed by atoms with E-state index in [1.54, 1.807) is 32.3 Å². The largest absolute Gasteiger partial charge is 0.494 e. The summed E-state index contributed by atoms with van der Waals surface area (Å²) in [6.45, 7) is 3.50. The lowest BCUT2D eigenvalue weighted by molar-refractivity contribution is 0.352. The number of hydrogen-bond donors (Lipinski definition) is 1. The van der Waals surface area contributed by atoms with Crippen LogP contribution < -0.4 is 9.47 Å². The standard InChI is InChI=1S/C20H19ClF2N2O2/c1-10(7-12-9-25-20-13(17(12)21)5-6-24-20)11(2)16-18(22)14(26-3)8-15(27-4)19(16)23/h5-9,11H,1-4H3,(H,24,25). The quantitative estimate of drug-likeness (QED) is 0.604. The third-order valence-corrected chi connectivity index (χ3v) is 5.08. The number of aromatic nitrogens is 2. The zero-order valence-corrected chi connectivity index (χ0v) is 16.1. The van der Waals surface area contributed by atoms with E-state index in [0.29, 0.717) is 21.8 Å². The Hall–Kier alpha value is -2.60. The van der Waals surface area contributed by atoms with Gasteiger partial charge in [0.1, 0.15) is 5.65 Å². The van der Waals surface area contributed by atoms with Gasteiger partial charge in [0.15, 0.2) is 23.1 Å². The molecule has 0 saturated carbocycles. The molecule has 27 heavy (non-hydrogen) atoms. The fraction of sp³-hybridized carbons (Fsp3) is 0.250. The fourth-order valence-corrected chi connectivity index (χ4v) is 3.23. The van der Waals surface area contributed by atoms with Crippen molar-refractivity contribution >= 4 is 28.7 Å². The molecule has 2 heterocycles. The molecule has 1 N–H and O–H groups in total. The first-order valence-corrected chi connectivity index (χ1v) is 8.66. The van der Waals surface area contributed by atoms with E-state index in [1.165, 1.54) is 20.3 Å². The van der Waals surface area contributed by atoms with Crippen molar-refractivity contribution in [3.8, 4) is 11.5 Å². The average molecular weight is 393 g/mol. The van der Waals surface area contributed by atoms with Gasteiger partial charge in [-0.05, 0) is 13.0 Å². The second kappa shape index (κ2) is 7.56. The molecule has 0 aliphatic carbocycles. The molecular weight excluding hydrogens is 374 g/mol. The van der Waals surface area contributed by atoms with E-state index >= 15 is 0 Å². The van der Waals surface area contributed by atoms with Crippen molar-refractivity contribution in [3.63, 3.8) is 0 Å². The van der Waals surface area contributed by atoms with Crippen molar-refractivity contribution in [1.82, 2.24) is 9.97 Å². The number of nitrogens with zero attached hydrogens (tertiary/aromatic N) is 1. The first-order valence-electron chi connectivity index (χ1n) is 8.28. The summed E-state index contributed by atoms with van der Waals surface area (Å²) in [6, 6.07) is 3.02. The van der Waals surface area contributed by atoms with E-state index in [1.807, 2.05) is 6.07 Å². The minimum atomic E-state index is -0.749. The summed E-state index contributed by atoms with van der Waals surface area (Å²) in [5.74, 6) is -2.22. The van der Waals surface area contributed by atoms with Gasteiger partial charge in [0, 0.05) is 40.9 Å². The highest BCUT2D eigenvalue weighted by Crippen LogP contribution is 2.38. The molecule has 0 aliphatic heterocycles. The van der Waals surface area contributed by atoms with Crippen molar-refractivity contribution in [2.24, 2.45) is 0 Å². The maximum absolute atomic E-state index is 14.8. The Kier molecular flexibility index (Phi) is 5.37. The van der Waals surface area contributed by atoms with Gasteiger partial charge >= 0.3 is 0 Å². The summed E-state index contributed by atoms with van der Waals surface area (Å²) < 4.78 is 39.5. The summed E-state index contributed by atoms with van der Waals surface area (Å²) in [7, 11) is 2.65. The number of benzene rings is 1. The number of H-pyrrole nitrogens is 1. The van der Waals surface area contributed by atoms with Crippen LogP contribution >= 0.6 is 11.6 Å². The molecule has 0 saturated heterocycles. The van der Waals surface area contributed by atoms with E-state index < -0.39 is 17.6 Å². The van der Waals surface area contributed by atoms with Gasteiger partial charge in [0.05, 0.1) is 19.2 Å². The molecule has 1 aromatic carbocycles. The van der Waals surface area contributed by atoms with E-state index in [2.05, 4.69) is 9.97 Å². The van der Waals surface area contributed by atoms with Crippen molar-refractivity contribution in [2.75, 3.05) is 14.2 Å². The highest BCUT2D eigenvalue weighted by Gasteiger charge is 2.25. The number of methoxy groups -OCH3 is 2. The number of rotatable bonds is 5. The molecular formula is C20H19ClF2N2O2. The van der Waals surface area contributed by atoms with Gasteiger partial charge in [-0.1, -0.05) is 30.2 Å². The lowest BCUT2D eigenvalue weighted by atomic mass is 9.91. The Labute approximate surface area is 160 Å².